The third-order valence-electron chi connectivity index (χ3n) is 4.36. The van der Waals surface area contributed by atoms with Crippen molar-refractivity contribution in [3.8, 4) is 0 Å². The lowest BCUT2D eigenvalue weighted by Gasteiger charge is -2.25. The predicted molar refractivity (Wildman–Crippen MR) is 108 cm³/mol. The van der Waals surface area contributed by atoms with E-state index in [1.165, 1.54) is 11.8 Å². The van der Waals surface area contributed by atoms with Gasteiger partial charge in [-0.25, -0.2) is 4.79 Å². The molecule has 6 heteroatoms. The van der Waals surface area contributed by atoms with Gasteiger partial charge < -0.3 is 15.0 Å². The van der Waals surface area contributed by atoms with Crippen molar-refractivity contribution in [1.82, 2.24) is 5.32 Å². The zero-order chi connectivity index (χ0) is 20.7. The maximum absolute atomic E-state index is 12.6. The summed E-state index contributed by atoms with van der Waals surface area (Å²) in [6, 6.07) is 16.9. The van der Waals surface area contributed by atoms with Gasteiger partial charge in [-0.15, -0.1) is 0 Å². The van der Waals surface area contributed by atoms with Crippen LogP contribution in [0.5, 0.6) is 0 Å². The van der Waals surface area contributed by atoms with Crippen molar-refractivity contribution in [2.24, 2.45) is 5.92 Å². The van der Waals surface area contributed by atoms with Gasteiger partial charge in [0.15, 0.2) is 6.10 Å². The highest BCUT2D eigenvalue weighted by Gasteiger charge is 2.30. The largest absolute Gasteiger partial charge is 0.451 e. The van der Waals surface area contributed by atoms with Gasteiger partial charge in [0.1, 0.15) is 6.04 Å². The van der Waals surface area contributed by atoms with Gasteiger partial charge in [-0.3, -0.25) is 9.59 Å². The zero-order valence-corrected chi connectivity index (χ0v) is 16.6. The van der Waals surface area contributed by atoms with E-state index in [-0.39, 0.29) is 17.7 Å². The fourth-order valence-electron chi connectivity index (χ4n) is 2.66. The molecular weight excluding hydrogens is 356 g/mol. The highest BCUT2D eigenvalue weighted by molar-refractivity contribution is 5.99. The van der Waals surface area contributed by atoms with E-state index >= 15 is 0 Å². The van der Waals surface area contributed by atoms with Crippen LogP contribution in [-0.2, 0) is 14.3 Å². The second-order valence-corrected chi connectivity index (χ2v) is 6.87. The Bertz CT molecular complexity index is 806. The number of nitrogens with one attached hydrogen (secondary N) is 1. The van der Waals surface area contributed by atoms with E-state index in [1.807, 2.05) is 24.3 Å². The first-order valence-corrected chi connectivity index (χ1v) is 9.20. The minimum absolute atomic E-state index is 0.200. The summed E-state index contributed by atoms with van der Waals surface area (Å²) in [7, 11) is 1.62. The number of anilines is 1. The molecule has 2 atom stereocenters. The van der Waals surface area contributed by atoms with Gasteiger partial charge in [-0.2, -0.15) is 0 Å². The molecule has 0 radical (unpaired) electrons. The molecule has 2 aromatic rings. The summed E-state index contributed by atoms with van der Waals surface area (Å²) in [5.74, 6) is -1.55. The quantitative estimate of drug-likeness (QED) is 0.747. The Balaban J connectivity index is 2.03. The molecule has 2 amide bonds. The molecule has 1 N–H and O–H groups in total. The minimum atomic E-state index is -0.979. The van der Waals surface area contributed by atoms with E-state index in [1.54, 1.807) is 57.3 Å². The number of hydrogen-bond donors (Lipinski definition) is 1. The molecule has 0 fully saturated rings. The van der Waals surface area contributed by atoms with E-state index in [2.05, 4.69) is 5.32 Å². The highest BCUT2D eigenvalue weighted by atomic mass is 16.5. The summed E-state index contributed by atoms with van der Waals surface area (Å²) in [6.07, 6.45) is -0.979. The lowest BCUT2D eigenvalue weighted by Crippen LogP contribution is -2.48. The molecule has 0 aliphatic heterocycles. The fraction of sp³-hybridized carbons (Fsp3) is 0.318. The second kappa shape index (κ2) is 9.69. The van der Waals surface area contributed by atoms with Crippen LogP contribution in [0.15, 0.2) is 60.7 Å². The molecule has 28 heavy (non-hydrogen) atoms. The first kappa shape index (κ1) is 21.2. The van der Waals surface area contributed by atoms with Crippen molar-refractivity contribution in [3.63, 3.8) is 0 Å². The molecule has 0 aliphatic rings. The van der Waals surface area contributed by atoms with Gasteiger partial charge in [-0.05, 0) is 37.1 Å². The maximum atomic E-state index is 12.6. The molecule has 0 aliphatic carbocycles. The summed E-state index contributed by atoms with van der Waals surface area (Å²) in [6.45, 7) is 5.13. The lowest BCUT2D eigenvalue weighted by atomic mass is 10.0. The Morgan fingerprint density at radius 3 is 1.96 bits per heavy atom. The van der Waals surface area contributed by atoms with Gasteiger partial charge >= 0.3 is 5.97 Å². The Morgan fingerprint density at radius 1 is 0.893 bits per heavy atom. The number of amides is 2. The number of carbonyl (C=O) groups is 3. The summed E-state index contributed by atoms with van der Waals surface area (Å²) < 4.78 is 5.37. The number of benzene rings is 2. The molecule has 0 saturated carbocycles. The number of likely N-dealkylation sites (N-methyl/N-ethyl adjacent to an activating group) is 1. The standard InChI is InChI=1S/C22H26N2O4/c1-15(2)19(23-20(25)17-11-7-5-8-12-17)22(27)28-16(3)21(26)24(4)18-13-9-6-10-14-18/h5-16,19H,1-4H3,(H,23,25)/t16-,19+/m0/s1. The first-order chi connectivity index (χ1) is 13.3. The van der Waals surface area contributed by atoms with Crippen LogP contribution >= 0.6 is 0 Å². The molecule has 0 heterocycles. The SMILES string of the molecule is CC(C)[C@@H](NC(=O)c1ccccc1)C(=O)O[C@@H](C)C(=O)N(C)c1ccccc1. The zero-order valence-electron chi connectivity index (χ0n) is 16.6. The van der Waals surface area contributed by atoms with Crippen molar-refractivity contribution in [3.05, 3.63) is 66.2 Å². The van der Waals surface area contributed by atoms with Gasteiger partial charge in [0, 0.05) is 18.3 Å². The third-order valence-corrected chi connectivity index (χ3v) is 4.36. The van der Waals surface area contributed by atoms with E-state index in [4.69, 9.17) is 4.74 Å². The average molecular weight is 382 g/mol. The summed E-state index contributed by atoms with van der Waals surface area (Å²) >= 11 is 0. The number of rotatable bonds is 7. The second-order valence-electron chi connectivity index (χ2n) is 6.87. The monoisotopic (exact) mass is 382 g/mol. The molecule has 148 valence electrons. The number of nitrogens with zero attached hydrogens (tertiary/aromatic N) is 1. The van der Waals surface area contributed by atoms with Gasteiger partial charge in [0.05, 0.1) is 0 Å². The van der Waals surface area contributed by atoms with Crippen LogP contribution < -0.4 is 10.2 Å². The predicted octanol–water partition coefficient (Wildman–Crippen LogP) is 3.04. The number of carbonyl (C=O) groups excluding carboxylic acids is 3. The Kier molecular flexibility index (Phi) is 7.32. The van der Waals surface area contributed by atoms with Crippen LogP contribution in [-0.4, -0.2) is 37.0 Å². The summed E-state index contributed by atoms with van der Waals surface area (Å²) in [4.78, 5) is 39.0. The van der Waals surface area contributed by atoms with Crippen LogP contribution in [0.3, 0.4) is 0 Å². The number of para-hydroxylation sites is 1. The normalized spacial score (nSPS) is 12.8. The minimum Gasteiger partial charge on any atom is -0.451 e. The van der Waals surface area contributed by atoms with Crippen LogP contribution in [0, 0.1) is 5.92 Å². The maximum Gasteiger partial charge on any atom is 0.329 e. The van der Waals surface area contributed by atoms with Gasteiger partial charge in [0.25, 0.3) is 11.8 Å². The Labute approximate surface area is 165 Å². The molecule has 0 aromatic heterocycles. The molecule has 6 nitrogen and oxygen atoms in total. The van der Waals surface area contributed by atoms with Crippen molar-refractivity contribution < 1.29 is 19.1 Å². The van der Waals surface area contributed by atoms with E-state index in [0.29, 0.717) is 11.3 Å². The molecule has 2 rings (SSSR count). The Hall–Kier alpha value is -3.15. The third kappa shape index (κ3) is 5.42. The van der Waals surface area contributed by atoms with Crippen molar-refractivity contribution in [2.45, 2.75) is 32.9 Å². The summed E-state index contributed by atoms with van der Waals surface area (Å²) in [5.41, 5.74) is 1.15. The topological polar surface area (TPSA) is 75.7 Å². The first-order valence-electron chi connectivity index (χ1n) is 9.20. The smallest absolute Gasteiger partial charge is 0.329 e. The molecule has 0 spiro atoms. The van der Waals surface area contributed by atoms with Crippen molar-refractivity contribution >= 4 is 23.5 Å². The van der Waals surface area contributed by atoms with E-state index < -0.39 is 18.1 Å². The lowest BCUT2D eigenvalue weighted by molar-refractivity contribution is -0.156. The van der Waals surface area contributed by atoms with Gasteiger partial charge in [0.2, 0.25) is 0 Å². The van der Waals surface area contributed by atoms with Crippen LogP contribution in [0.25, 0.3) is 0 Å². The summed E-state index contributed by atoms with van der Waals surface area (Å²) in [5, 5.41) is 2.70. The molecule has 0 unspecified atom stereocenters. The molecule has 0 saturated heterocycles. The molecule has 2 aromatic carbocycles. The van der Waals surface area contributed by atoms with E-state index in [9.17, 15) is 14.4 Å². The molecular formula is C22H26N2O4. The van der Waals surface area contributed by atoms with Crippen molar-refractivity contribution in [1.29, 1.82) is 0 Å². The number of hydrogen-bond acceptors (Lipinski definition) is 4. The number of ether oxygens (including phenoxy) is 1. The molecule has 0 bridgehead atoms. The highest BCUT2D eigenvalue weighted by Crippen LogP contribution is 2.14. The van der Waals surface area contributed by atoms with Crippen LogP contribution in [0.1, 0.15) is 31.1 Å². The Morgan fingerprint density at radius 2 is 1.43 bits per heavy atom. The van der Waals surface area contributed by atoms with Gasteiger partial charge in [-0.1, -0.05) is 50.2 Å². The fourth-order valence-corrected chi connectivity index (χ4v) is 2.66. The number of esters is 1. The van der Waals surface area contributed by atoms with Crippen LogP contribution in [0.2, 0.25) is 0 Å². The van der Waals surface area contributed by atoms with Crippen LogP contribution in [0.4, 0.5) is 5.69 Å². The van der Waals surface area contributed by atoms with Crippen molar-refractivity contribution in [2.75, 3.05) is 11.9 Å². The van der Waals surface area contributed by atoms with E-state index in [0.717, 1.165) is 0 Å². The average Bonchev–Trinajstić information content (AvgIpc) is 2.71.